The molecule has 90 valence electrons. The summed E-state index contributed by atoms with van der Waals surface area (Å²) in [7, 11) is 0. The molecule has 0 aliphatic carbocycles. The molecule has 3 nitrogen and oxygen atoms in total. The molecule has 0 radical (unpaired) electrons. The average Bonchev–Trinajstić information content (AvgIpc) is 2.66. The zero-order valence-electron chi connectivity index (χ0n) is 10.2. The van der Waals surface area contributed by atoms with Crippen LogP contribution in [0.2, 0.25) is 0 Å². The highest BCUT2D eigenvalue weighted by atomic mass is 32.1. The van der Waals surface area contributed by atoms with Crippen LogP contribution in [0.3, 0.4) is 0 Å². The van der Waals surface area contributed by atoms with Gasteiger partial charge in [0.1, 0.15) is 0 Å². The molecule has 0 amide bonds. The molecular weight excluding hydrogens is 220 g/mol. The fraction of sp³-hybridized carbons (Fsp3) is 0.750. The summed E-state index contributed by atoms with van der Waals surface area (Å²) in [6.07, 6.45) is 2.03. The van der Waals surface area contributed by atoms with Crippen LogP contribution in [-0.2, 0) is 0 Å². The van der Waals surface area contributed by atoms with Crippen LogP contribution in [0.15, 0.2) is 5.38 Å². The third-order valence-corrected chi connectivity index (χ3v) is 4.22. The Balaban J connectivity index is 2.11. The van der Waals surface area contributed by atoms with Gasteiger partial charge in [0.15, 0.2) is 5.13 Å². The van der Waals surface area contributed by atoms with Crippen molar-refractivity contribution in [1.82, 2.24) is 4.98 Å². The van der Waals surface area contributed by atoms with Crippen molar-refractivity contribution in [3.8, 4) is 0 Å². The maximum absolute atomic E-state index is 9.47. The summed E-state index contributed by atoms with van der Waals surface area (Å²) >= 11 is 1.64. The highest BCUT2D eigenvalue weighted by molar-refractivity contribution is 7.13. The van der Waals surface area contributed by atoms with E-state index in [1.165, 1.54) is 12.8 Å². The zero-order chi connectivity index (χ0) is 11.7. The van der Waals surface area contributed by atoms with Gasteiger partial charge in [0.25, 0.3) is 0 Å². The van der Waals surface area contributed by atoms with Gasteiger partial charge in [-0.3, -0.25) is 0 Å². The van der Waals surface area contributed by atoms with E-state index in [-0.39, 0.29) is 0 Å². The predicted molar refractivity (Wildman–Crippen MR) is 68.0 cm³/mol. The molecule has 0 saturated carbocycles. The van der Waals surface area contributed by atoms with Crippen LogP contribution in [0, 0.1) is 5.92 Å². The van der Waals surface area contributed by atoms with Crippen LogP contribution < -0.4 is 4.90 Å². The zero-order valence-corrected chi connectivity index (χ0v) is 11.0. The summed E-state index contributed by atoms with van der Waals surface area (Å²) in [5.41, 5.74) is 0.797. The van der Waals surface area contributed by atoms with Gasteiger partial charge in [-0.15, -0.1) is 11.3 Å². The SMILES string of the molecule is CC1CCN(c2nc(C(C)O)cs2)C(C)C1. The standard InChI is InChI=1S/C12H20N2OS/c1-8-4-5-14(9(2)6-8)12-13-11(7-16-12)10(3)15/h7-10,15H,4-6H2,1-3H3. The smallest absolute Gasteiger partial charge is 0.185 e. The summed E-state index contributed by atoms with van der Waals surface area (Å²) in [6, 6.07) is 0.566. The van der Waals surface area contributed by atoms with Crippen molar-refractivity contribution in [3.05, 3.63) is 11.1 Å². The Morgan fingerprint density at radius 2 is 2.31 bits per heavy atom. The first-order valence-corrected chi connectivity index (χ1v) is 6.86. The highest BCUT2D eigenvalue weighted by Gasteiger charge is 2.25. The van der Waals surface area contributed by atoms with Gasteiger partial charge >= 0.3 is 0 Å². The number of hydrogen-bond acceptors (Lipinski definition) is 4. The summed E-state index contributed by atoms with van der Waals surface area (Å²) in [6.45, 7) is 7.44. The number of aliphatic hydroxyl groups excluding tert-OH is 1. The summed E-state index contributed by atoms with van der Waals surface area (Å²) in [5.74, 6) is 0.822. The van der Waals surface area contributed by atoms with Crippen molar-refractivity contribution >= 4 is 16.5 Å². The molecule has 1 aliphatic heterocycles. The van der Waals surface area contributed by atoms with Gasteiger partial charge < -0.3 is 10.0 Å². The van der Waals surface area contributed by atoms with Gasteiger partial charge in [0.05, 0.1) is 11.8 Å². The van der Waals surface area contributed by atoms with E-state index in [9.17, 15) is 5.11 Å². The number of aromatic nitrogens is 1. The fourth-order valence-corrected chi connectivity index (χ4v) is 3.33. The average molecular weight is 240 g/mol. The number of nitrogens with zero attached hydrogens (tertiary/aromatic N) is 2. The first-order chi connectivity index (χ1) is 7.58. The molecule has 1 N–H and O–H groups in total. The van der Waals surface area contributed by atoms with Crippen molar-refractivity contribution in [2.45, 2.75) is 45.8 Å². The molecule has 0 spiro atoms. The van der Waals surface area contributed by atoms with Crippen LogP contribution in [-0.4, -0.2) is 22.7 Å². The Labute approximate surface area is 101 Å². The molecule has 1 fully saturated rings. The van der Waals surface area contributed by atoms with Gasteiger partial charge in [0.2, 0.25) is 0 Å². The highest BCUT2D eigenvalue weighted by Crippen LogP contribution is 2.31. The lowest BCUT2D eigenvalue weighted by atomic mass is 9.94. The monoisotopic (exact) mass is 240 g/mol. The van der Waals surface area contributed by atoms with Gasteiger partial charge in [-0.2, -0.15) is 0 Å². The van der Waals surface area contributed by atoms with Gasteiger partial charge in [-0.05, 0) is 32.6 Å². The van der Waals surface area contributed by atoms with E-state index in [1.807, 2.05) is 5.38 Å². The maximum atomic E-state index is 9.47. The second-order valence-corrected chi connectivity index (χ2v) is 5.74. The van der Waals surface area contributed by atoms with Crippen molar-refractivity contribution in [1.29, 1.82) is 0 Å². The number of rotatable bonds is 2. The number of anilines is 1. The lowest BCUT2D eigenvalue weighted by Gasteiger charge is -2.36. The maximum Gasteiger partial charge on any atom is 0.185 e. The second-order valence-electron chi connectivity index (χ2n) is 4.90. The topological polar surface area (TPSA) is 36.4 Å². The van der Waals surface area contributed by atoms with E-state index in [0.717, 1.165) is 23.3 Å². The van der Waals surface area contributed by atoms with Crippen molar-refractivity contribution in [2.24, 2.45) is 5.92 Å². The van der Waals surface area contributed by atoms with Crippen LogP contribution in [0.5, 0.6) is 0 Å². The van der Waals surface area contributed by atoms with E-state index in [0.29, 0.717) is 6.04 Å². The molecule has 4 heteroatoms. The Hall–Kier alpha value is -0.610. The molecule has 0 bridgehead atoms. The molecule has 1 saturated heterocycles. The molecule has 2 heterocycles. The van der Waals surface area contributed by atoms with Crippen molar-refractivity contribution < 1.29 is 5.11 Å². The molecule has 16 heavy (non-hydrogen) atoms. The van der Waals surface area contributed by atoms with E-state index in [1.54, 1.807) is 18.3 Å². The Morgan fingerprint density at radius 1 is 1.56 bits per heavy atom. The molecule has 1 aromatic rings. The van der Waals surface area contributed by atoms with Crippen LogP contribution in [0.1, 0.15) is 45.4 Å². The second kappa shape index (κ2) is 4.72. The Morgan fingerprint density at radius 3 is 2.88 bits per heavy atom. The molecule has 2 rings (SSSR count). The fourth-order valence-electron chi connectivity index (χ4n) is 2.29. The number of hydrogen-bond donors (Lipinski definition) is 1. The van der Waals surface area contributed by atoms with Gasteiger partial charge in [0, 0.05) is 18.0 Å². The van der Waals surface area contributed by atoms with Crippen LogP contribution >= 0.6 is 11.3 Å². The van der Waals surface area contributed by atoms with Crippen LogP contribution in [0.4, 0.5) is 5.13 Å². The third-order valence-electron chi connectivity index (χ3n) is 3.32. The van der Waals surface area contributed by atoms with E-state index in [4.69, 9.17) is 0 Å². The van der Waals surface area contributed by atoms with Gasteiger partial charge in [-0.25, -0.2) is 4.98 Å². The quantitative estimate of drug-likeness (QED) is 0.863. The molecule has 3 atom stereocenters. The minimum Gasteiger partial charge on any atom is -0.387 e. The lowest BCUT2D eigenvalue weighted by Crippen LogP contribution is -2.40. The van der Waals surface area contributed by atoms with E-state index in [2.05, 4.69) is 23.7 Å². The predicted octanol–water partition coefficient (Wildman–Crippen LogP) is 2.82. The molecule has 1 aromatic heterocycles. The van der Waals surface area contributed by atoms with Crippen LogP contribution in [0.25, 0.3) is 0 Å². The normalized spacial score (nSPS) is 28.1. The number of aliphatic hydroxyl groups is 1. The molecule has 1 aliphatic rings. The minimum absolute atomic E-state index is 0.455. The third kappa shape index (κ3) is 2.38. The van der Waals surface area contributed by atoms with E-state index < -0.39 is 6.10 Å². The first-order valence-electron chi connectivity index (χ1n) is 5.98. The van der Waals surface area contributed by atoms with Crippen molar-refractivity contribution in [2.75, 3.05) is 11.4 Å². The molecule has 0 aromatic carbocycles. The Kier molecular flexibility index (Phi) is 3.50. The van der Waals surface area contributed by atoms with Crippen molar-refractivity contribution in [3.63, 3.8) is 0 Å². The minimum atomic E-state index is -0.455. The first kappa shape index (κ1) is 11.9. The molecular formula is C12H20N2OS. The summed E-state index contributed by atoms with van der Waals surface area (Å²) < 4.78 is 0. The number of piperidine rings is 1. The summed E-state index contributed by atoms with van der Waals surface area (Å²) in [4.78, 5) is 6.87. The lowest BCUT2D eigenvalue weighted by molar-refractivity contribution is 0.195. The number of thiazole rings is 1. The van der Waals surface area contributed by atoms with Gasteiger partial charge in [-0.1, -0.05) is 6.92 Å². The Bertz CT molecular complexity index is 351. The van der Waals surface area contributed by atoms with E-state index >= 15 is 0 Å². The summed E-state index contributed by atoms with van der Waals surface area (Å²) in [5, 5.41) is 12.5. The molecule has 3 unspecified atom stereocenters. The largest absolute Gasteiger partial charge is 0.387 e.